The lowest BCUT2D eigenvalue weighted by Crippen LogP contribution is -2.28. The average Bonchev–Trinajstić information content (AvgIpc) is 2.67. The van der Waals surface area contributed by atoms with Gasteiger partial charge in [0.2, 0.25) is 0 Å². The van der Waals surface area contributed by atoms with E-state index in [-0.39, 0.29) is 19.2 Å². The van der Waals surface area contributed by atoms with Gasteiger partial charge in [-0.15, -0.1) is 0 Å². The second kappa shape index (κ2) is 9.13. The summed E-state index contributed by atoms with van der Waals surface area (Å²) in [5.41, 5.74) is 1.41. The van der Waals surface area contributed by atoms with E-state index in [1.807, 2.05) is 30.3 Å². The zero-order chi connectivity index (χ0) is 19.1. The summed E-state index contributed by atoms with van der Waals surface area (Å²) in [5.74, 6) is 6.36. The van der Waals surface area contributed by atoms with Crippen molar-refractivity contribution in [1.29, 1.82) is 0 Å². The van der Waals surface area contributed by atoms with Gasteiger partial charge in [0.1, 0.15) is 12.4 Å². The Labute approximate surface area is 166 Å². The first kappa shape index (κ1) is 18.8. The number of amides is 2. The van der Waals surface area contributed by atoms with Crippen LogP contribution in [0.3, 0.4) is 0 Å². The number of halogens is 2. The zero-order valence-electron chi connectivity index (χ0n) is 14.1. The molecule has 3 aromatic rings. The molecule has 0 aliphatic heterocycles. The predicted molar refractivity (Wildman–Crippen MR) is 108 cm³/mol. The van der Waals surface area contributed by atoms with Crippen LogP contribution in [0.1, 0.15) is 0 Å². The molecule has 3 rings (SSSR count). The van der Waals surface area contributed by atoms with Crippen LogP contribution in [-0.2, 0) is 0 Å². The summed E-state index contributed by atoms with van der Waals surface area (Å²) in [6.45, 7) is 0.407. The lowest BCUT2D eigenvalue weighted by atomic mass is 10.2. The van der Waals surface area contributed by atoms with Crippen molar-refractivity contribution in [3.63, 3.8) is 0 Å². The van der Waals surface area contributed by atoms with Crippen molar-refractivity contribution in [1.82, 2.24) is 10.3 Å². The largest absolute Gasteiger partial charge is 0.481 e. The van der Waals surface area contributed by atoms with E-state index in [0.29, 0.717) is 21.5 Å². The van der Waals surface area contributed by atoms with Gasteiger partial charge in [0.25, 0.3) is 0 Å². The highest BCUT2D eigenvalue weighted by Gasteiger charge is 2.03. The van der Waals surface area contributed by atoms with Gasteiger partial charge in [0.15, 0.2) is 0 Å². The smallest absolute Gasteiger partial charge is 0.319 e. The molecule has 1 aromatic heterocycles. The van der Waals surface area contributed by atoms with Gasteiger partial charge in [0, 0.05) is 23.3 Å². The maximum absolute atomic E-state index is 11.8. The standard InChI is InChI=1S/C20H15Cl2N3O2/c21-17-8-6-15(12-18(17)22)25-20(26)24-9-1-2-11-27-16-7-5-14-4-3-10-23-19(14)13-16/h3-8,10,12-13H,9,11H2,(H2,24,25,26). The zero-order valence-corrected chi connectivity index (χ0v) is 15.6. The van der Waals surface area contributed by atoms with E-state index < -0.39 is 0 Å². The van der Waals surface area contributed by atoms with Crippen molar-refractivity contribution in [2.45, 2.75) is 0 Å². The summed E-state index contributed by atoms with van der Waals surface area (Å²) in [4.78, 5) is 16.1. The third-order valence-electron chi connectivity index (χ3n) is 3.53. The van der Waals surface area contributed by atoms with Crippen LogP contribution in [0.2, 0.25) is 10.0 Å². The minimum Gasteiger partial charge on any atom is -0.481 e. The molecule has 0 spiro atoms. The van der Waals surface area contributed by atoms with Gasteiger partial charge < -0.3 is 15.4 Å². The Balaban J connectivity index is 1.42. The fourth-order valence-corrected chi connectivity index (χ4v) is 2.54. The molecule has 0 fully saturated rings. The molecule has 136 valence electrons. The first-order valence-corrected chi connectivity index (χ1v) is 8.80. The SMILES string of the molecule is O=C(NCC#CCOc1ccc2cccnc2c1)Nc1ccc(Cl)c(Cl)c1. The van der Waals surface area contributed by atoms with E-state index in [1.54, 1.807) is 24.4 Å². The minimum absolute atomic E-state index is 0.190. The van der Waals surface area contributed by atoms with Gasteiger partial charge in [-0.2, -0.15) is 0 Å². The molecule has 0 bridgehead atoms. The fourth-order valence-electron chi connectivity index (χ4n) is 2.24. The van der Waals surface area contributed by atoms with Gasteiger partial charge in [-0.1, -0.05) is 41.1 Å². The van der Waals surface area contributed by atoms with Crippen molar-refractivity contribution >= 4 is 45.8 Å². The molecule has 5 nitrogen and oxygen atoms in total. The number of hydrogen-bond donors (Lipinski definition) is 2. The van der Waals surface area contributed by atoms with E-state index in [9.17, 15) is 4.79 Å². The Morgan fingerprint density at radius 1 is 1.07 bits per heavy atom. The van der Waals surface area contributed by atoms with Crippen LogP contribution in [0.15, 0.2) is 54.7 Å². The molecule has 0 radical (unpaired) electrons. The summed E-state index contributed by atoms with van der Waals surface area (Å²) in [6, 6.07) is 14.0. The van der Waals surface area contributed by atoms with Crippen LogP contribution in [0.4, 0.5) is 10.5 Å². The van der Waals surface area contributed by atoms with Gasteiger partial charge in [-0.05, 0) is 36.4 Å². The second-order valence-corrected chi connectivity index (χ2v) is 6.25. The highest BCUT2D eigenvalue weighted by atomic mass is 35.5. The van der Waals surface area contributed by atoms with Gasteiger partial charge in [-0.3, -0.25) is 4.98 Å². The number of aromatic nitrogens is 1. The van der Waals surface area contributed by atoms with Crippen molar-refractivity contribution in [3.05, 3.63) is 64.8 Å². The number of anilines is 1. The molecule has 2 amide bonds. The normalized spacial score (nSPS) is 10.0. The topological polar surface area (TPSA) is 63.2 Å². The number of nitrogens with one attached hydrogen (secondary N) is 2. The summed E-state index contributed by atoms with van der Waals surface area (Å²) in [7, 11) is 0. The number of carbonyl (C=O) groups is 1. The van der Waals surface area contributed by atoms with Gasteiger partial charge in [-0.25, -0.2) is 4.79 Å². The lowest BCUT2D eigenvalue weighted by Gasteiger charge is -2.06. The monoisotopic (exact) mass is 399 g/mol. The summed E-state index contributed by atoms with van der Waals surface area (Å²) >= 11 is 11.7. The van der Waals surface area contributed by atoms with Crippen LogP contribution < -0.4 is 15.4 Å². The maximum Gasteiger partial charge on any atom is 0.319 e. The fraction of sp³-hybridized carbons (Fsp3) is 0.100. The Kier molecular flexibility index (Phi) is 6.37. The molecule has 2 N–H and O–H groups in total. The molecule has 0 saturated heterocycles. The van der Waals surface area contributed by atoms with E-state index in [4.69, 9.17) is 27.9 Å². The van der Waals surface area contributed by atoms with Crippen molar-refractivity contribution in [2.24, 2.45) is 0 Å². The average molecular weight is 400 g/mol. The van der Waals surface area contributed by atoms with Crippen LogP contribution >= 0.6 is 23.2 Å². The molecule has 0 atom stereocenters. The Morgan fingerprint density at radius 3 is 2.81 bits per heavy atom. The number of ether oxygens (including phenoxy) is 1. The Hall–Kier alpha value is -2.94. The quantitative estimate of drug-likeness (QED) is 0.622. The maximum atomic E-state index is 11.8. The number of carbonyl (C=O) groups excluding carboxylic acids is 1. The third kappa shape index (κ3) is 5.52. The van der Waals surface area contributed by atoms with E-state index >= 15 is 0 Å². The molecular formula is C20H15Cl2N3O2. The lowest BCUT2D eigenvalue weighted by molar-refractivity contribution is 0.253. The summed E-state index contributed by atoms with van der Waals surface area (Å²) < 4.78 is 5.57. The highest BCUT2D eigenvalue weighted by molar-refractivity contribution is 6.42. The van der Waals surface area contributed by atoms with E-state index in [2.05, 4.69) is 27.5 Å². The molecule has 7 heteroatoms. The molecule has 2 aromatic carbocycles. The molecule has 0 unspecified atom stereocenters. The Morgan fingerprint density at radius 2 is 1.96 bits per heavy atom. The first-order chi connectivity index (χ1) is 13.1. The third-order valence-corrected chi connectivity index (χ3v) is 4.27. The number of fused-ring (bicyclic) bond motifs is 1. The van der Waals surface area contributed by atoms with Gasteiger partial charge >= 0.3 is 6.03 Å². The molecule has 0 saturated carbocycles. The number of nitrogens with zero attached hydrogens (tertiary/aromatic N) is 1. The summed E-state index contributed by atoms with van der Waals surface area (Å²) in [6.07, 6.45) is 1.74. The van der Waals surface area contributed by atoms with Crippen molar-refractivity contribution in [2.75, 3.05) is 18.5 Å². The molecular weight excluding hydrogens is 385 g/mol. The van der Waals surface area contributed by atoms with Gasteiger partial charge in [0.05, 0.1) is 22.1 Å². The van der Waals surface area contributed by atoms with Crippen molar-refractivity contribution in [3.8, 4) is 17.6 Å². The molecule has 27 heavy (non-hydrogen) atoms. The Bertz CT molecular complexity index is 1030. The van der Waals surface area contributed by atoms with E-state index in [0.717, 1.165) is 10.9 Å². The van der Waals surface area contributed by atoms with Crippen LogP contribution in [0, 0.1) is 11.8 Å². The number of hydrogen-bond acceptors (Lipinski definition) is 3. The second-order valence-electron chi connectivity index (χ2n) is 5.44. The summed E-state index contributed by atoms with van der Waals surface area (Å²) in [5, 5.41) is 7.11. The number of benzene rings is 2. The van der Waals surface area contributed by atoms with Crippen LogP contribution in [0.25, 0.3) is 10.9 Å². The number of urea groups is 1. The molecule has 1 heterocycles. The van der Waals surface area contributed by atoms with Crippen LogP contribution in [0.5, 0.6) is 5.75 Å². The number of rotatable bonds is 4. The predicted octanol–water partition coefficient (Wildman–Crippen LogP) is 4.75. The van der Waals surface area contributed by atoms with Crippen LogP contribution in [-0.4, -0.2) is 24.2 Å². The molecule has 0 aliphatic carbocycles. The number of pyridine rings is 1. The van der Waals surface area contributed by atoms with E-state index in [1.165, 1.54) is 0 Å². The molecule has 0 aliphatic rings. The highest BCUT2D eigenvalue weighted by Crippen LogP contribution is 2.24. The minimum atomic E-state index is -0.385. The van der Waals surface area contributed by atoms with Crippen molar-refractivity contribution < 1.29 is 9.53 Å². The first-order valence-electron chi connectivity index (χ1n) is 8.05.